The van der Waals surface area contributed by atoms with Gasteiger partial charge in [-0.1, -0.05) is 6.92 Å². The number of sulfonamides is 1. The van der Waals surface area contributed by atoms with E-state index in [1.54, 1.807) is 6.07 Å². The first-order valence-electron chi connectivity index (χ1n) is 6.23. The fraction of sp³-hybridized carbons (Fsp3) is 0.667. The average molecular weight is 288 g/mol. The zero-order valence-electron chi connectivity index (χ0n) is 10.8. The van der Waals surface area contributed by atoms with Crippen molar-refractivity contribution in [1.82, 2.24) is 4.72 Å². The molecule has 6 heteroatoms. The van der Waals surface area contributed by atoms with Crippen LogP contribution in [0.4, 0.5) is 0 Å². The van der Waals surface area contributed by atoms with Crippen LogP contribution in [-0.4, -0.2) is 15.0 Å². The SMILES string of the molecule is Cc1cc(S(=O)(=O)NCC(C)C2CC2)sc1CN. The molecule has 1 fully saturated rings. The molecule has 2 rings (SSSR count). The van der Waals surface area contributed by atoms with Crippen LogP contribution >= 0.6 is 11.3 Å². The Kier molecular flexibility index (Phi) is 4.11. The molecule has 1 atom stereocenters. The van der Waals surface area contributed by atoms with E-state index in [9.17, 15) is 8.42 Å². The van der Waals surface area contributed by atoms with Crippen molar-refractivity contribution < 1.29 is 8.42 Å². The van der Waals surface area contributed by atoms with Crippen LogP contribution in [0.2, 0.25) is 0 Å². The summed E-state index contributed by atoms with van der Waals surface area (Å²) in [4.78, 5) is 0.936. The fourth-order valence-electron chi connectivity index (χ4n) is 1.97. The molecule has 0 bridgehead atoms. The van der Waals surface area contributed by atoms with Crippen molar-refractivity contribution in [2.45, 2.75) is 37.4 Å². The summed E-state index contributed by atoms with van der Waals surface area (Å²) in [6.07, 6.45) is 2.47. The summed E-state index contributed by atoms with van der Waals surface area (Å²) in [7, 11) is -3.36. The van der Waals surface area contributed by atoms with Gasteiger partial charge in [-0.05, 0) is 43.2 Å². The quantitative estimate of drug-likeness (QED) is 0.839. The number of aryl methyl sites for hydroxylation is 1. The van der Waals surface area contributed by atoms with E-state index in [0.717, 1.165) is 10.4 Å². The lowest BCUT2D eigenvalue weighted by Gasteiger charge is -2.10. The third kappa shape index (κ3) is 3.12. The van der Waals surface area contributed by atoms with Gasteiger partial charge in [-0.25, -0.2) is 13.1 Å². The van der Waals surface area contributed by atoms with E-state index in [1.165, 1.54) is 24.2 Å². The van der Waals surface area contributed by atoms with Gasteiger partial charge in [0.2, 0.25) is 10.0 Å². The highest BCUT2D eigenvalue weighted by Gasteiger charge is 2.29. The number of rotatable bonds is 6. The molecule has 0 aromatic carbocycles. The number of nitrogens with two attached hydrogens (primary N) is 1. The van der Waals surface area contributed by atoms with Crippen LogP contribution in [-0.2, 0) is 16.6 Å². The molecule has 0 amide bonds. The second-order valence-electron chi connectivity index (χ2n) is 5.04. The normalized spacial score (nSPS) is 17.9. The Labute approximate surface area is 113 Å². The highest BCUT2D eigenvalue weighted by atomic mass is 32.2. The Balaban J connectivity index is 2.04. The number of thiophene rings is 1. The third-order valence-electron chi connectivity index (χ3n) is 3.47. The molecule has 1 unspecified atom stereocenters. The van der Waals surface area contributed by atoms with Crippen molar-refractivity contribution in [2.75, 3.05) is 6.54 Å². The summed E-state index contributed by atoms with van der Waals surface area (Å²) < 4.78 is 27.3. The molecule has 0 spiro atoms. The zero-order chi connectivity index (χ0) is 13.3. The van der Waals surface area contributed by atoms with E-state index >= 15 is 0 Å². The van der Waals surface area contributed by atoms with Gasteiger partial charge in [0.15, 0.2) is 0 Å². The minimum absolute atomic E-state index is 0.378. The van der Waals surface area contributed by atoms with Gasteiger partial charge in [0.05, 0.1) is 0 Å². The highest BCUT2D eigenvalue weighted by molar-refractivity contribution is 7.91. The molecule has 1 aliphatic rings. The van der Waals surface area contributed by atoms with E-state index < -0.39 is 10.0 Å². The van der Waals surface area contributed by atoms with E-state index in [2.05, 4.69) is 11.6 Å². The number of nitrogens with one attached hydrogen (secondary N) is 1. The van der Waals surface area contributed by atoms with Crippen LogP contribution < -0.4 is 10.5 Å². The lowest BCUT2D eigenvalue weighted by Crippen LogP contribution is -2.28. The Morgan fingerprint density at radius 2 is 2.22 bits per heavy atom. The molecule has 18 heavy (non-hydrogen) atoms. The first kappa shape index (κ1) is 14.0. The summed E-state index contributed by atoms with van der Waals surface area (Å²) in [5, 5.41) is 0. The fourth-order valence-corrected chi connectivity index (χ4v) is 4.62. The summed E-state index contributed by atoms with van der Waals surface area (Å²) in [6, 6.07) is 1.71. The van der Waals surface area contributed by atoms with Gasteiger partial charge in [0, 0.05) is 18.0 Å². The monoisotopic (exact) mass is 288 g/mol. The topological polar surface area (TPSA) is 72.2 Å². The van der Waals surface area contributed by atoms with Crippen LogP contribution in [0.5, 0.6) is 0 Å². The van der Waals surface area contributed by atoms with Gasteiger partial charge in [-0.2, -0.15) is 0 Å². The first-order valence-corrected chi connectivity index (χ1v) is 8.53. The minimum atomic E-state index is -3.36. The summed E-state index contributed by atoms with van der Waals surface area (Å²) in [5.74, 6) is 1.13. The Morgan fingerprint density at radius 3 is 2.72 bits per heavy atom. The van der Waals surface area contributed by atoms with Crippen molar-refractivity contribution in [3.05, 3.63) is 16.5 Å². The van der Waals surface area contributed by atoms with Gasteiger partial charge < -0.3 is 5.73 Å². The van der Waals surface area contributed by atoms with Gasteiger partial charge in [0.25, 0.3) is 0 Å². The first-order chi connectivity index (χ1) is 8.44. The lowest BCUT2D eigenvalue weighted by atomic mass is 10.1. The Bertz CT molecular complexity index is 518. The van der Waals surface area contributed by atoms with Gasteiger partial charge >= 0.3 is 0 Å². The molecular formula is C12H20N2O2S2. The molecule has 0 radical (unpaired) electrons. The molecule has 1 saturated carbocycles. The second kappa shape index (κ2) is 5.28. The van der Waals surface area contributed by atoms with Crippen LogP contribution in [0.3, 0.4) is 0 Å². The highest BCUT2D eigenvalue weighted by Crippen LogP contribution is 2.36. The maximum absolute atomic E-state index is 12.1. The van der Waals surface area contributed by atoms with Crippen LogP contribution in [0.25, 0.3) is 0 Å². The molecular weight excluding hydrogens is 268 g/mol. The Hall–Kier alpha value is -0.430. The second-order valence-corrected chi connectivity index (χ2v) is 8.17. The van der Waals surface area contributed by atoms with Gasteiger partial charge in [-0.3, -0.25) is 0 Å². The molecule has 0 saturated heterocycles. The maximum atomic E-state index is 12.1. The van der Waals surface area contributed by atoms with Crippen LogP contribution in [0, 0.1) is 18.8 Å². The van der Waals surface area contributed by atoms with Crippen molar-refractivity contribution in [3.63, 3.8) is 0 Å². The lowest BCUT2D eigenvalue weighted by molar-refractivity contribution is 0.492. The van der Waals surface area contributed by atoms with E-state index in [0.29, 0.717) is 29.1 Å². The van der Waals surface area contributed by atoms with Gasteiger partial charge in [0.1, 0.15) is 4.21 Å². The van der Waals surface area contributed by atoms with E-state index in [1.807, 2.05) is 6.92 Å². The zero-order valence-corrected chi connectivity index (χ0v) is 12.4. The smallest absolute Gasteiger partial charge is 0.250 e. The number of hydrogen-bond donors (Lipinski definition) is 2. The summed E-state index contributed by atoms with van der Waals surface area (Å²) in [5.41, 5.74) is 6.53. The molecule has 102 valence electrons. The summed E-state index contributed by atoms with van der Waals surface area (Å²) >= 11 is 1.27. The molecule has 4 nitrogen and oxygen atoms in total. The molecule has 1 heterocycles. The van der Waals surface area contributed by atoms with Crippen molar-refractivity contribution >= 4 is 21.4 Å². The molecule has 1 aromatic rings. The molecule has 3 N–H and O–H groups in total. The van der Waals surface area contributed by atoms with Gasteiger partial charge in [-0.15, -0.1) is 11.3 Å². The van der Waals surface area contributed by atoms with Crippen molar-refractivity contribution in [3.8, 4) is 0 Å². The predicted molar refractivity (Wildman–Crippen MR) is 74.0 cm³/mol. The molecule has 1 aliphatic carbocycles. The largest absolute Gasteiger partial charge is 0.326 e. The van der Waals surface area contributed by atoms with Crippen molar-refractivity contribution in [2.24, 2.45) is 17.6 Å². The molecule has 1 aromatic heterocycles. The standard InChI is InChI=1S/C12H20N2O2S2/c1-8-5-12(17-11(8)6-13)18(15,16)14-7-9(2)10-3-4-10/h5,9-10,14H,3-4,6-7,13H2,1-2H3. The van der Waals surface area contributed by atoms with E-state index in [4.69, 9.17) is 5.73 Å². The summed E-state index contributed by atoms with van der Waals surface area (Å²) in [6.45, 7) is 4.92. The van der Waals surface area contributed by atoms with Crippen LogP contribution in [0.15, 0.2) is 10.3 Å². The van der Waals surface area contributed by atoms with E-state index in [-0.39, 0.29) is 0 Å². The van der Waals surface area contributed by atoms with Crippen LogP contribution in [0.1, 0.15) is 30.2 Å². The third-order valence-corrected chi connectivity index (χ3v) is 6.63. The Morgan fingerprint density at radius 1 is 1.56 bits per heavy atom. The minimum Gasteiger partial charge on any atom is -0.326 e. The maximum Gasteiger partial charge on any atom is 0.250 e. The number of hydrogen-bond acceptors (Lipinski definition) is 4. The molecule has 0 aliphatic heterocycles. The predicted octanol–water partition coefficient (Wildman–Crippen LogP) is 1.84. The average Bonchev–Trinajstić information content (AvgIpc) is 3.09. The van der Waals surface area contributed by atoms with Crippen molar-refractivity contribution in [1.29, 1.82) is 0 Å².